The summed E-state index contributed by atoms with van der Waals surface area (Å²) >= 11 is 0. The summed E-state index contributed by atoms with van der Waals surface area (Å²) in [7, 11) is 2.09. The van der Waals surface area contributed by atoms with E-state index in [2.05, 4.69) is 27.0 Å². The van der Waals surface area contributed by atoms with Crippen molar-refractivity contribution in [3.63, 3.8) is 0 Å². The van der Waals surface area contributed by atoms with Crippen molar-refractivity contribution in [3.8, 4) is 0 Å². The van der Waals surface area contributed by atoms with E-state index in [0.29, 0.717) is 12.2 Å². The fourth-order valence-electron chi connectivity index (χ4n) is 1.85. The lowest BCUT2D eigenvalue weighted by Gasteiger charge is -2.31. The second kappa shape index (κ2) is 4.63. The maximum absolute atomic E-state index is 10.9. The maximum Gasteiger partial charge on any atom is 0.339 e. The number of H-pyrrole nitrogens is 1. The third-order valence-corrected chi connectivity index (χ3v) is 2.93. The zero-order chi connectivity index (χ0) is 11.5. The summed E-state index contributed by atoms with van der Waals surface area (Å²) in [5.41, 5.74) is 0.969. The summed E-state index contributed by atoms with van der Waals surface area (Å²) in [6.45, 7) is 4.62. The van der Waals surface area contributed by atoms with E-state index in [1.807, 2.05) is 0 Å². The number of hydrogen-bond donors (Lipinski definition) is 2. The van der Waals surface area contributed by atoms with Crippen LogP contribution in [-0.2, 0) is 6.54 Å². The van der Waals surface area contributed by atoms with E-state index in [9.17, 15) is 4.79 Å². The number of carboxylic acid groups (broad SMARTS) is 1. The van der Waals surface area contributed by atoms with Gasteiger partial charge in [0.2, 0.25) is 0 Å². The average Bonchev–Trinajstić information content (AvgIpc) is 2.69. The van der Waals surface area contributed by atoms with Crippen LogP contribution in [0.3, 0.4) is 0 Å². The van der Waals surface area contributed by atoms with Gasteiger partial charge in [0.1, 0.15) is 5.56 Å². The molecule has 1 saturated heterocycles. The number of aromatic nitrogens is 2. The molecule has 2 N–H and O–H groups in total. The molecular formula is C10H16N4O2. The highest BCUT2D eigenvalue weighted by molar-refractivity contribution is 5.88. The van der Waals surface area contributed by atoms with Gasteiger partial charge in [-0.05, 0) is 7.05 Å². The van der Waals surface area contributed by atoms with Crippen molar-refractivity contribution in [3.05, 3.63) is 17.5 Å². The molecule has 1 aromatic heterocycles. The lowest BCUT2D eigenvalue weighted by Crippen LogP contribution is -2.44. The highest BCUT2D eigenvalue weighted by Crippen LogP contribution is 2.10. The molecule has 0 unspecified atom stereocenters. The normalized spacial score (nSPS) is 18.8. The molecule has 0 spiro atoms. The van der Waals surface area contributed by atoms with Crippen LogP contribution in [0.5, 0.6) is 0 Å². The van der Waals surface area contributed by atoms with Gasteiger partial charge in [-0.3, -0.25) is 10.00 Å². The minimum atomic E-state index is -0.919. The Morgan fingerprint density at radius 1 is 1.50 bits per heavy atom. The van der Waals surface area contributed by atoms with Crippen LogP contribution in [0.15, 0.2) is 6.20 Å². The van der Waals surface area contributed by atoms with Gasteiger partial charge in [-0.1, -0.05) is 0 Å². The number of piperazine rings is 1. The first-order valence-corrected chi connectivity index (χ1v) is 5.33. The van der Waals surface area contributed by atoms with Crippen molar-refractivity contribution >= 4 is 5.97 Å². The van der Waals surface area contributed by atoms with Crippen LogP contribution in [0.25, 0.3) is 0 Å². The minimum Gasteiger partial charge on any atom is -0.478 e. The number of aromatic amines is 1. The average molecular weight is 224 g/mol. The number of carbonyl (C=O) groups is 1. The van der Waals surface area contributed by atoms with Gasteiger partial charge in [-0.2, -0.15) is 5.10 Å². The van der Waals surface area contributed by atoms with Crippen LogP contribution < -0.4 is 0 Å². The van der Waals surface area contributed by atoms with E-state index in [0.717, 1.165) is 26.2 Å². The lowest BCUT2D eigenvalue weighted by molar-refractivity contribution is 0.0693. The fourth-order valence-corrected chi connectivity index (χ4v) is 1.85. The van der Waals surface area contributed by atoms with Crippen LogP contribution in [0.2, 0.25) is 0 Å². The molecule has 1 fully saturated rings. The van der Waals surface area contributed by atoms with Crippen molar-refractivity contribution in [1.29, 1.82) is 0 Å². The zero-order valence-corrected chi connectivity index (χ0v) is 9.31. The standard InChI is InChI=1S/C10H16N4O2/c1-13-2-4-14(5-3-13)7-9-8(10(15)16)6-11-12-9/h6H,2-5,7H2,1H3,(H,11,12)(H,15,16). The summed E-state index contributed by atoms with van der Waals surface area (Å²) in [6.07, 6.45) is 1.37. The van der Waals surface area contributed by atoms with Crippen molar-refractivity contribution in [2.75, 3.05) is 33.2 Å². The lowest BCUT2D eigenvalue weighted by atomic mass is 10.2. The molecule has 0 amide bonds. The molecule has 0 radical (unpaired) electrons. The van der Waals surface area contributed by atoms with Gasteiger partial charge in [-0.15, -0.1) is 0 Å². The SMILES string of the molecule is CN1CCN(Cc2[nH]ncc2C(=O)O)CC1. The van der Waals surface area contributed by atoms with E-state index in [-0.39, 0.29) is 5.56 Å². The summed E-state index contributed by atoms with van der Waals surface area (Å²) in [4.78, 5) is 15.4. The van der Waals surface area contributed by atoms with Crippen molar-refractivity contribution in [2.45, 2.75) is 6.54 Å². The second-order valence-corrected chi connectivity index (χ2v) is 4.15. The number of aromatic carboxylic acids is 1. The molecule has 0 saturated carbocycles. The van der Waals surface area contributed by atoms with Crippen LogP contribution in [-0.4, -0.2) is 64.3 Å². The van der Waals surface area contributed by atoms with Gasteiger partial charge in [-0.25, -0.2) is 4.79 Å². The number of likely N-dealkylation sites (N-methyl/N-ethyl adjacent to an activating group) is 1. The van der Waals surface area contributed by atoms with Gasteiger partial charge in [0, 0.05) is 32.7 Å². The number of rotatable bonds is 3. The number of carboxylic acids is 1. The van der Waals surface area contributed by atoms with Gasteiger partial charge in [0.25, 0.3) is 0 Å². The second-order valence-electron chi connectivity index (χ2n) is 4.15. The van der Waals surface area contributed by atoms with E-state index in [1.165, 1.54) is 6.20 Å². The van der Waals surface area contributed by atoms with E-state index >= 15 is 0 Å². The Morgan fingerprint density at radius 3 is 2.81 bits per heavy atom. The molecule has 16 heavy (non-hydrogen) atoms. The Hall–Kier alpha value is -1.40. The summed E-state index contributed by atoms with van der Waals surface area (Å²) in [5, 5.41) is 15.5. The van der Waals surface area contributed by atoms with Crippen LogP contribution in [0.4, 0.5) is 0 Å². The summed E-state index contributed by atoms with van der Waals surface area (Å²) in [6, 6.07) is 0. The van der Waals surface area contributed by atoms with E-state index in [1.54, 1.807) is 0 Å². The third-order valence-electron chi connectivity index (χ3n) is 2.93. The quantitative estimate of drug-likeness (QED) is 0.747. The molecule has 88 valence electrons. The molecule has 1 aliphatic rings. The summed E-state index contributed by atoms with van der Waals surface area (Å²) < 4.78 is 0. The van der Waals surface area contributed by atoms with Gasteiger partial charge in [0.15, 0.2) is 0 Å². The summed E-state index contributed by atoms with van der Waals surface area (Å²) in [5.74, 6) is -0.919. The van der Waals surface area contributed by atoms with Crippen molar-refractivity contribution < 1.29 is 9.90 Å². The Kier molecular flexibility index (Phi) is 3.21. The van der Waals surface area contributed by atoms with Gasteiger partial charge in [0.05, 0.1) is 11.9 Å². The number of nitrogens with zero attached hydrogens (tertiary/aromatic N) is 3. The molecule has 2 heterocycles. The topological polar surface area (TPSA) is 72.5 Å². The third kappa shape index (κ3) is 2.40. The van der Waals surface area contributed by atoms with Gasteiger partial charge < -0.3 is 10.0 Å². The Labute approximate surface area is 93.9 Å². The first kappa shape index (κ1) is 11.1. The van der Waals surface area contributed by atoms with Crippen molar-refractivity contribution in [2.24, 2.45) is 0 Å². The van der Waals surface area contributed by atoms with Crippen LogP contribution >= 0.6 is 0 Å². The van der Waals surface area contributed by atoms with E-state index < -0.39 is 5.97 Å². The monoisotopic (exact) mass is 224 g/mol. The number of nitrogens with one attached hydrogen (secondary N) is 1. The highest BCUT2D eigenvalue weighted by Gasteiger charge is 2.18. The Balaban J connectivity index is 1.98. The predicted octanol–water partition coefficient (Wildman–Crippen LogP) is -0.145. The fraction of sp³-hybridized carbons (Fsp3) is 0.600. The van der Waals surface area contributed by atoms with E-state index in [4.69, 9.17) is 5.11 Å². The molecule has 6 heteroatoms. The smallest absolute Gasteiger partial charge is 0.339 e. The maximum atomic E-state index is 10.9. The molecule has 1 aliphatic heterocycles. The van der Waals surface area contributed by atoms with Crippen LogP contribution in [0.1, 0.15) is 16.1 Å². The van der Waals surface area contributed by atoms with Crippen molar-refractivity contribution in [1.82, 2.24) is 20.0 Å². The van der Waals surface area contributed by atoms with Gasteiger partial charge >= 0.3 is 5.97 Å². The molecule has 1 aromatic rings. The molecule has 6 nitrogen and oxygen atoms in total. The Bertz CT molecular complexity index is 369. The molecule has 0 aromatic carbocycles. The zero-order valence-electron chi connectivity index (χ0n) is 9.31. The first-order chi connectivity index (χ1) is 7.66. The largest absolute Gasteiger partial charge is 0.478 e. The molecular weight excluding hydrogens is 208 g/mol. The molecule has 0 aliphatic carbocycles. The molecule has 0 atom stereocenters. The molecule has 2 rings (SSSR count). The predicted molar refractivity (Wildman–Crippen MR) is 58.3 cm³/mol. The first-order valence-electron chi connectivity index (χ1n) is 5.33. The molecule has 0 bridgehead atoms. The minimum absolute atomic E-state index is 0.277. The van der Waals surface area contributed by atoms with Crippen LogP contribution in [0, 0.1) is 0 Å². The number of hydrogen-bond acceptors (Lipinski definition) is 4. The highest BCUT2D eigenvalue weighted by atomic mass is 16.4. The Morgan fingerprint density at radius 2 is 2.19 bits per heavy atom.